The van der Waals surface area contributed by atoms with Crippen LogP contribution in [0.15, 0.2) is 64.1 Å². The van der Waals surface area contributed by atoms with E-state index in [0.29, 0.717) is 0 Å². The zero-order chi connectivity index (χ0) is 18.0. The highest BCUT2D eigenvalue weighted by Crippen LogP contribution is 2.21. The van der Waals surface area contributed by atoms with E-state index in [1.54, 1.807) is 24.4 Å². The smallest absolute Gasteiger partial charge is 0.263 e. The molecular weight excluding hydrogens is 433 g/mol. The number of benzene rings is 2. The average Bonchev–Trinajstić information content (AvgIpc) is 2.98. The van der Waals surface area contributed by atoms with Gasteiger partial charge in [0.2, 0.25) is 0 Å². The van der Waals surface area contributed by atoms with Crippen molar-refractivity contribution in [2.75, 3.05) is 4.72 Å². The van der Waals surface area contributed by atoms with E-state index in [0.717, 1.165) is 4.47 Å². The largest absolute Gasteiger partial charge is 0.266 e. The van der Waals surface area contributed by atoms with E-state index in [1.165, 1.54) is 35.0 Å². The summed E-state index contributed by atoms with van der Waals surface area (Å²) in [5, 5.41) is 4.39. The molecule has 1 N–H and O–H groups in total. The molecule has 9 heteroatoms. The van der Waals surface area contributed by atoms with Gasteiger partial charge in [0, 0.05) is 27.3 Å². The molecule has 0 bridgehead atoms. The van der Waals surface area contributed by atoms with Crippen LogP contribution < -0.4 is 4.72 Å². The molecule has 0 saturated heterocycles. The first-order valence-corrected chi connectivity index (χ1v) is 9.75. The molecule has 0 aliphatic carbocycles. The topological polar surface area (TPSA) is 64.0 Å². The molecule has 1 heterocycles. The Morgan fingerprint density at radius 2 is 1.88 bits per heavy atom. The number of hydrogen-bond acceptors (Lipinski definition) is 3. The van der Waals surface area contributed by atoms with E-state index < -0.39 is 15.8 Å². The molecule has 0 amide bonds. The van der Waals surface area contributed by atoms with Crippen LogP contribution in [0.3, 0.4) is 0 Å². The molecule has 1 aromatic heterocycles. The summed E-state index contributed by atoms with van der Waals surface area (Å²) in [5.74, 6) is -0.310. The standard InChI is InChI=1S/C16H12BrClFN3O2S/c17-11-4-6-12(7-5-11)25(23,24)21-16-8-9-22(20-16)10-13-14(18)2-1-3-15(13)19/h1-9H,10H2,(H,20,21). The number of anilines is 1. The van der Waals surface area contributed by atoms with Gasteiger partial charge in [0.15, 0.2) is 5.82 Å². The predicted octanol–water partition coefficient (Wildman–Crippen LogP) is 4.29. The molecule has 0 aliphatic heterocycles. The molecule has 0 atom stereocenters. The van der Waals surface area contributed by atoms with Gasteiger partial charge in [-0.2, -0.15) is 5.10 Å². The third-order valence-electron chi connectivity index (χ3n) is 3.39. The minimum Gasteiger partial charge on any atom is -0.266 e. The van der Waals surface area contributed by atoms with Crippen molar-refractivity contribution in [3.8, 4) is 0 Å². The Morgan fingerprint density at radius 1 is 1.16 bits per heavy atom. The Labute approximate surface area is 157 Å². The van der Waals surface area contributed by atoms with Crippen LogP contribution in [0.25, 0.3) is 0 Å². The second-order valence-corrected chi connectivity index (χ2v) is 8.16. The number of hydrogen-bond donors (Lipinski definition) is 1. The minimum atomic E-state index is -3.75. The maximum atomic E-state index is 13.8. The molecule has 130 valence electrons. The van der Waals surface area contributed by atoms with Crippen LogP contribution >= 0.6 is 27.5 Å². The van der Waals surface area contributed by atoms with E-state index in [2.05, 4.69) is 25.8 Å². The fourth-order valence-electron chi connectivity index (χ4n) is 2.16. The van der Waals surface area contributed by atoms with E-state index in [4.69, 9.17) is 11.6 Å². The van der Waals surface area contributed by atoms with Crippen LogP contribution in [0.2, 0.25) is 5.02 Å². The highest BCUT2D eigenvalue weighted by atomic mass is 79.9. The Kier molecular flexibility index (Phi) is 5.12. The summed E-state index contributed by atoms with van der Waals surface area (Å²) in [6, 6.07) is 12.1. The second-order valence-electron chi connectivity index (χ2n) is 5.16. The van der Waals surface area contributed by atoms with Crippen molar-refractivity contribution in [2.45, 2.75) is 11.4 Å². The van der Waals surface area contributed by atoms with Crippen molar-refractivity contribution in [3.05, 3.63) is 75.6 Å². The first-order chi connectivity index (χ1) is 11.8. The Morgan fingerprint density at radius 3 is 2.56 bits per heavy atom. The van der Waals surface area contributed by atoms with Crippen molar-refractivity contribution < 1.29 is 12.8 Å². The number of aromatic nitrogens is 2. The molecule has 3 aromatic rings. The molecule has 0 fully saturated rings. The second kappa shape index (κ2) is 7.15. The summed E-state index contributed by atoms with van der Waals surface area (Å²) < 4.78 is 43.1. The molecule has 2 aromatic carbocycles. The Bertz CT molecular complexity index is 986. The predicted molar refractivity (Wildman–Crippen MR) is 97.7 cm³/mol. The van der Waals surface area contributed by atoms with Crippen molar-refractivity contribution in [1.82, 2.24) is 9.78 Å². The van der Waals surface area contributed by atoms with Crippen molar-refractivity contribution >= 4 is 43.4 Å². The molecule has 0 radical (unpaired) electrons. The lowest BCUT2D eigenvalue weighted by molar-refractivity contribution is 0.585. The number of nitrogens with one attached hydrogen (secondary N) is 1. The van der Waals surface area contributed by atoms with E-state index in [1.807, 2.05) is 0 Å². The summed E-state index contributed by atoms with van der Waals surface area (Å²) in [6.07, 6.45) is 1.54. The average molecular weight is 445 g/mol. The fraction of sp³-hybridized carbons (Fsp3) is 0.0625. The quantitative estimate of drug-likeness (QED) is 0.638. The van der Waals surface area contributed by atoms with Crippen molar-refractivity contribution in [1.29, 1.82) is 0 Å². The zero-order valence-corrected chi connectivity index (χ0v) is 15.8. The molecule has 3 rings (SSSR count). The van der Waals surface area contributed by atoms with Crippen LogP contribution in [0.1, 0.15) is 5.56 Å². The maximum Gasteiger partial charge on any atom is 0.263 e. The van der Waals surface area contributed by atoms with E-state index in [-0.39, 0.29) is 27.8 Å². The van der Waals surface area contributed by atoms with Gasteiger partial charge in [0.1, 0.15) is 5.82 Å². The van der Waals surface area contributed by atoms with Crippen LogP contribution in [0.5, 0.6) is 0 Å². The third-order valence-corrected chi connectivity index (χ3v) is 5.64. The lowest BCUT2D eigenvalue weighted by Gasteiger charge is -2.07. The molecule has 0 unspecified atom stereocenters. The Hall–Kier alpha value is -1.90. The lowest BCUT2D eigenvalue weighted by atomic mass is 10.2. The first kappa shape index (κ1) is 17.9. The first-order valence-electron chi connectivity index (χ1n) is 7.10. The van der Waals surface area contributed by atoms with Gasteiger partial charge in [-0.3, -0.25) is 9.40 Å². The molecule has 0 saturated carbocycles. The summed E-state index contributed by atoms with van der Waals surface area (Å²) in [6.45, 7) is 0.0888. The fourth-order valence-corrected chi connectivity index (χ4v) is 3.64. The van der Waals surface area contributed by atoms with E-state index >= 15 is 0 Å². The summed E-state index contributed by atoms with van der Waals surface area (Å²) in [5.41, 5.74) is 0.287. The van der Waals surface area contributed by atoms with Crippen LogP contribution in [0.4, 0.5) is 10.2 Å². The van der Waals surface area contributed by atoms with Gasteiger partial charge in [-0.05, 0) is 36.4 Å². The molecular formula is C16H12BrClFN3O2S. The van der Waals surface area contributed by atoms with Crippen LogP contribution in [-0.2, 0) is 16.6 Å². The highest BCUT2D eigenvalue weighted by Gasteiger charge is 2.16. The van der Waals surface area contributed by atoms with Crippen molar-refractivity contribution in [2.24, 2.45) is 0 Å². The van der Waals surface area contributed by atoms with Gasteiger partial charge < -0.3 is 0 Å². The van der Waals surface area contributed by atoms with Gasteiger partial charge in [0.05, 0.1) is 11.4 Å². The summed E-state index contributed by atoms with van der Waals surface area (Å²) in [4.78, 5) is 0.113. The Balaban J connectivity index is 1.79. The number of halogens is 3. The normalized spacial score (nSPS) is 11.5. The van der Waals surface area contributed by atoms with E-state index in [9.17, 15) is 12.8 Å². The van der Waals surface area contributed by atoms with Crippen molar-refractivity contribution in [3.63, 3.8) is 0 Å². The SMILES string of the molecule is O=S(=O)(Nc1ccn(Cc2c(F)cccc2Cl)n1)c1ccc(Br)cc1. The molecule has 5 nitrogen and oxygen atoms in total. The van der Waals surface area contributed by atoms with Gasteiger partial charge in [-0.25, -0.2) is 12.8 Å². The minimum absolute atomic E-state index is 0.0888. The number of rotatable bonds is 5. The van der Waals surface area contributed by atoms with Crippen LogP contribution in [-0.4, -0.2) is 18.2 Å². The number of sulfonamides is 1. The van der Waals surface area contributed by atoms with Crippen LogP contribution in [0, 0.1) is 5.82 Å². The summed E-state index contributed by atoms with van der Waals surface area (Å²) >= 11 is 9.24. The monoisotopic (exact) mass is 443 g/mol. The lowest BCUT2D eigenvalue weighted by Crippen LogP contribution is -2.13. The van der Waals surface area contributed by atoms with Gasteiger partial charge in [-0.1, -0.05) is 33.6 Å². The maximum absolute atomic E-state index is 13.8. The zero-order valence-electron chi connectivity index (χ0n) is 12.7. The highest BCUT2D eigenvalue weighted by molar-refractivity contribution is 9.10. The molecule has 0 aliphatic rings. The van der Waals surface area contributed by atoms with Gasteiger partial charge in [-0.15, -0.1) is 0 Å². The number of nitrogens with zero attached hydrogens (tertiary/aromatic N) is 2. The summed E-state index contributed by atoms with van der Waals surface area (Å²) in [7, 11) is -3.75. The molecule has 0 spiro atoms. The van der Waals surface area contributed by atoms with Gasteiger partial charge >= 0.3 is 0 Å². The third kappa shape index (κ3) is 4.20. The molecule has 25 heavy (non-hydrogen) atoms. The van der Waals surface area contributed by atoms with Gasteiger partial charge in [0.25, 0.3) is 10.0 Å².